The van der Waals surface area contributed by atoms with Gasteiger partial charge in [-0.2, -0.15) is 4.31 Å². The van der Waals surface area contributed by atoms with Gasteiger partial charge in [0, 0.05) is 44.9 Å². The van der Waals surface area contributed by atoms with Crippen molar-refractivity contribution >= 4 is 15.9 Å². The summed E-state index contributed by atoms with van der Waals surface area (Å²) in [5, 5.41) is 0. The van der Waals surface area contributed by atoms with Gasteiger partial charge in [-0.1, -0.05) is 25.7 Å². The smallest absolute Gasteiger partial charge is 0.255 e. The second-order valence-electron chi connectivity index (χ2n) is 8.88. The third-order valence-electron chi connectivity index (χ3n) is 6.98. The van der Waals surface area contributed by atoms with Crippen molar-refractivity contribution in [3.05, 3.63) is 27.4 Å². The maximum atomic E-state index is 12.7. The Morgan fingerprint density at radius 3 is 2.70 bits per heavy atom. The molecule has 1 saturated heterocycles. The molecule has 0 spiro atoms. The Morgan fingerprint density at radius 1 is 1.20 bits per heavy atom. The van der Waals surface area contributed by atoms with Crippen LogP contribution in [0.4, 0.5) is 0 Å². The molecule has 2 fully saturated rings. The fourth-order valence-electron chi connectivity index (χ4n) is 5.03. The lowest BCUT2D eigenvalue weighted by Crippen LogP contribution is -2.40. The van der Waals surface area contributed by atoms with Gasteiger partial charge in [0.25, 0.3) is 5.56 Å². The molecule has 1 amide bonds. The number of fused-ring (bicyclic) bond motifs is 1. The number of H-pyrrole nitrogens is 1. The Labute approximate surface area is 178 Å². The van der Waals surface area contributed by atoms with Gasteiger partial charge < -0.3 is 9.88 Å². The minimum absolute atomic E-state index is 0.0262. The number of nitrogens with zero attached hydrogens (tertiary/aromatic N) is 3. The zero-order valence-electron chi connectivity index (χ0n) is 17.7. The van der Waals surface area contributed by atoms with Gasteiger partial charge in [0.15, 0.2) is 0 Å². The molecule has 2 aliphatic heterocycles. The average Bonchev–Trinajstić information content (AvgIpc) is 3.44. The molecular weight excluding hydrogens is 404 g/mol. The first-order valence-corrected chi connectivity index (χ1v) is 12.9. The highest BCUT2D eigenvalue weighted by Crippen LogP contribution is 2.30. The summed E-state index contributed by atoms with van der Waals surface area (Å²) >= 11 is 0. The largest absolute Gasteiger partial charge is 0.342 e. The molecule has 1 aliphatic carbocycles. The molecule has 1 saturated carbocycles. The van der Waals surface area contributed by atoms with Crippen molar-refractivity contribution < 1.29 is 13.2 Å². The van der Waals surface area contributed by atoms with Crippen LogP contribution in [0.25, 0.3) is 0 Å². The lowest BCUT2D eigenvalue weighted by Gasteiger charge is -2.27. The number of carbonyl (C=O) groups is 1. The van der Waals surface area contributed by atoms with Gasteiger partial charge in [0.05, 0.1) is 17.0 Å². The standard InChI is InChI=1S/C21H32N4O4S/c1-2-30(28,29)25-12-10-18-17(14-25)21(27)23-20(22-18)16-9-11-24(13-16)19(26)8-7-15-5-3-4-6-15/h15-16H,2-14H2,1H3,(H,22,23,27). The normalized spacial score (nSPS) is 23.1. The number of likely N-dealkylation sites (tertiary alicyclic amines) is 1. The van der Waals surface area contributed by atoms with Gasteiger partial charge in [0.1, 0.15) is 5.82 Å². The average molecular weight is 437 g/mol. The lowest BCUT2D eigenvalue weighted by molar-refractivity contribution is -0.130. The molecule has 1 unspecified atom stereocenters. The summed E-state index contributed by atoms with van der Waals surface area (Å²) in [5.41, 5.74) is 0.892. The fraction of sp³-hybridized carbons (Fsp3) is 0.762. The summed E-state index contributed by atoms with van der Waals surface area (Å²) < 4.78 is 25.7. The number of nitrogens with one attached hydrogen (secondary N) is 1. The van der Waals surface area contributed by atoms with Crippen molar-refractivity contribution in [1.29, 1.82) is 0 Å². The van der Waals surface area contributed by atoms with Crippen molar-refractivity contribution in [3.8, 4) is 0 Å². The Hall–Kier alpha value is -1.74. The number of hydrogen-bond acceptors (Lipinski definition) is 5. The number of sulfonamides is 1. The van der Waals surface area contributed by atoms with E-state index in [0.29, 0.717) is 55.5 Å². The highest BCUT2D eigenvalue weighted by atomic mass is 32.2. The van der Waals surface area contributed by atoms with Crippen LogP contribution in [0.5, 0.6) is 0 Å². The molecule has 4 rings (SSSR count). The van der Waals surface area contributed by atoms with E-state index in [-0.39, 0.29) is 29.7 Å². The van der Waals surface area contributed by atoms with E-state index in [0.717, 1.165) is 12.8 Å². The summed E-state index contributed by atoms with van der Waals surface area (Å²) in [6, 6.07) is 0. The van der Waals surface area contributed by atoms with Crippen LogP contribution < -0.4 is 5.56 Å². The van der Waals surface area contributed by atoms with Crippen molar-refractivity contribution in [3.63, 3.8) is 0 Å². The Balaban J connectivity index is 1.40. The van der Waals surface area contributed by atoms with E-state index in [1.54, 1.807) is 6.92 Å². The van der Waals surface area contributed by atoms with E-state index in [1.807, 2.05) is 4.90 Å². The summed E-state index contributed by atoms with van der Waals surface area (Å²) in [5.74, 6) is 1.62. The van der Waals surface area contributed by atoms with Crippen LogP contribution in [-0.2, 0) is 27.8 Å². The quantitative estimate of drug-likeness (QED) is 0.732. The topological polar surface area (TPSA) is 103 Å². The van der Waals surface area contributed by atoms with Gasteiger partial charge in [-0.25, -0.2) is 13.4 Å². The van der Waals surface area contributed by atoms with Crippen LogP contribution in [-0.4, -0.2) is 58.9 Å². The molecule has 8 nitrogen and oxygen atoms in total. The van der Waals surface area contributed by atoms with E-state index in [4.69, 9.17) is 0 Å². The molecule has 1 aromatic rings. The molecule has 0 bridgehead atoms. The molecule has 9 heteroatoms. The second-order valence-corrected chi connectivity index (χ2v) is 11.1. The second kappa shape index (κ2) is 8.78. The Bertz CT molecular complexity index is 952. The molecule has 1 aromatic heterocycles. The Kier molecular flexibility index (Phi) is 6.29. The van der Waals surface area contributed by atoms with Crippen LogP contribution >= 0.6 is 0 Å². The third kappa shape index (κ3) is 4.46. The van der Waals surface area contributed by atoms with Crippen molar-refractivity contribution in [2.24, 2.45) is 5.92 Å². The van der Waals surface area contributed by atoms with E-state index in [2.05, 4.69) is 9.97 Å². The minimum Gasteiger partial charge on any atom is -0.342 e. The summed E-state index contributed by atoms with van der Waals surface area (Å²) in [6.45, 7) is 3.36. The van der Waals surface area contributed by atoms with Crippen LogP contribution in [0.15, 0.2) is 4.79 Å². The summed E-state index contributed by atoms with van der Waals surface area (Å²) in [6.07, 6.45) is 7.96. The number of carbonyl (C=O) groups excluding carboxylic acids is 1. The molecule has 1 atom stereocenters. The van der Waals surface area contributed by atoms with Crippen LogP contribution in [0.1, 0.15) is 74.9 Å². The fourth-order valence-corrected chi connectivity index (χ4v) is 6.09. The van der Waals surface area contributed by atoms with Gasteiger partial charge in [-0.05, 0) is 25.7 Å². The first-order valence-electron chi connectivity index (χ1n) is 11.2. The number of rotatable bonds is 6. The lowest BCUT2D eigenvalue weighted by atomic mass is 10.0. The van der Waals surface area contributed by atoms with E-state index < -0.39 is 10.0 Å². The van der Waals surface area contributed by atoms with Crippen molar-refractivity contribution in [2.45, 2.75) is 70.8 Å². The highest BCUT2D eigenvalue weighted by molar-refractivity contribution is 7.89. The zero-order chi connectivity index (χ0) is 21.3. The van der Waals surface area contributed by atoms with Gasteiger partial charge in [-0.15, -0.1) is 0 Å². The Morgan fingerprint density at radius 2 is 1.97 bits per heavy atom. The summed E-state index contributed by atoms with van der Waals surface area (Å²) in [7, 11) is -3.33. The summed E-state index contributed by atoms with van der Waals surface area (Å²) in [4.78, 5) is 34.8. The maximum absolute atomic E-state index is 12.7. The highest BCUT2D eigenvalue weighted by Gasteiger charge is 2.32. The monoisotopic (exact) mass is 436 g/mol. The predicted molar refractivity (Wildman–Crippen MR) is 114 cm³/mol. The first-order chi connectivity index (χ1) is 14.4. The zero-order valence-corrected chi connectivity index (χ0v) is 18.5. The van der Waals surface area contributed by atoms with Crippen molar-refractivity contribution in [2.75, 3.05) is 25.4 Å². The molecule has 0 radical (unpaired) electrons. The van der Waals surface area contributed by atoms with Crippen LogP contribution in [0.3, 0.4) is 0 Å². The van der Waals surface area contributed by atoms with Crippen molar-refractivity contribution in [1.82, 2.24) is 19.2 Å². The van der Waals surface area contributed by atoms with Crippen LogP contribution in [0.2, 0.25) is 0 Å². The predicted octanol–water partition coefficient (Wildman–Crippen LogP) is 1.76. The van der Waals surface area contributed by atoms with Crippen LogP contribution in [0, 0.1) is 5.92 Å². The number of hydrogen-bond donors (Lipinski definition) is 1. The van der Waals surface area contributed by atoms with E-state index in [1.165, 1.54) is 30.0 Å². The molecule has 3 aliphatic rings. The molecular formula is C21H32N4O4S. The molecule has 0 aromatic carbocycles. The SMILES string of the molecule is CCS(=O)(=O)N1CCc2nc(C3CCN(C(=O)CCC4CCCC4)C3)[nH]c(=O)c2C1. The molecule has 3 heterocycles. The molecule has 166 valence electrons. The van der Waals surface area contributed by atoms with E-state index in [9.17, 15) is 18.0 Å². The first kappa shape index (κ1) is 21.5. The number of amides is 1. The van der Waals surface area contributed by atoms with Gasteiger partial charge >= 0.3 is 0 Å². The maximum Gasteiger partial charge on any atom is 0.255 e. The molecule has 1 N–H and O–H groups in total. The number of aromatic amines is 1. The molecule has 30 heavy (non-hydrogen) atoms. The number of aromatic nitrogens is 2. The third-order valence-corrected chi connectivity index (χ3v) is 8.81. The van der Waals surface area contributed by atoms with Gasteiger partial charge in [-0.3, -0.25) is 9.59 Å². The minimum atomic E-state index is -3.33. The van der Waals surface area contributed by atoms with Gasteiger partial charge in [0.2, 0.25) is 15.9 Å². The van der Waals surface area contributed by atoms with E-state index >= 15 is 0 Å².